The highest BCUT2D eigenvalue weighted by molar-refractivity contribution is 5.93. The van der Waals surface area contributed by atoms with Crippen molar-refractivity contribution in [1.29, 1.82) is 0 Å². The fraction of sp³-hybridized carbons (Fsp3) is 0.304. The van der Waals surface area contributed by atoms with Gasteiger partial charge in [-0.3, -0.25) is 9.59 Å². The van der Waals surface area contributed by atoms with Crippen LogP contribution in [0, 0.1) is 12.8 Å². The predicted octanol–water partition coefficient (Wildman–Crippen LogP) is 3.21. The van der Waals surface area contributed by atoms with Gasteiger partial charge in [-0.25, -0.2) is 0 Å². The number of amides is 2. The standard InChI is InChI=1S/C23H25N3O2/c1-15-20(19-7-2-3-8-21(19)25-15)13-22(27)26-10-9-17(14-26)11-16-5-4-6-18(12-16)23(24)28/h2-8,12,17,25H,9-11,13-14H2,1H3,(H2,24,28). The van der Waals surface area contributed by atoms with Crippen LogP contribution in [0.3, 0.4) is 0 Å². The molecule has 0 saturated carbocycles. The Bertz CT molecular complexity index is 1040. The molecule has 0 spiro atoms. The number of para-hydroxylation sites is 1. The van der Waals surface area contributed by atoms with Gasteiger partial charge in [0, 0.05) is 35.2 Å². The van der Waals surface area contributed by atoms with Crippen LogP contribution >= 0.6 is 0 Å². The molecule has 0 aliphatic carbocycles. The van der Waals surface area contributed by atoms with E-state index < -0.39 is 5.91 Å². The summed E-state index contributed by atoms with van der Waals surface area (Å²) in [5.41, 5.74) is 10.3. The number of benzene rings is 2. The number of nitrogens with zero attached hydrogens (tertiary/aromatic N) is 1. The number of aromatic nitrogens is 1. The Hall–Kier alpha value is -3.08. The Morgan fingerprint density at radius 2 is 2.00 bits per heavy atom. The maximum atomic E-state index is 12.9. The summed E-state index contributed by atoms with van der Waals surface area (Å²) in [6, 6.07) is 15.6. The highest BCUT2D eigenvalue weighted by Crippen LogP contribution is 2.25. The van der Waals surface area contributed by atoms with E-state index in [0.29, 0.717) is 17.9 Å². The van der Waals surface area contributed by atoms with Crippen LogP contribution in [-0.4, -0.2) is 34.8 Å². The predicted molar refractivity (Wildman–Crippen MR) is 110 cm³/mol. The van der Waals surface area contributed by atoms with Crippen LogP contribution < -0.4 is 5.73 Å². The van der Waals surface area contributed by atoms with Gasteiger partial charge in [-0.2, -0.15) is 0 Å². The summed E-state index contributed by atoms with van der Waals surface area (Å²) in [7, 11) is 0. The van der Waals surface area contributed by atoms with Crippen LogP contribution in [0.1, 0.15) is 33.6 Å². The molecule has 1 unspecified atom stereocenters. The molecular formula is C23H25N3O2. The third-order valence-corrected chi connectivity index (χ3v) is 5.73. The summed E-state index contributed by atoms with van der Waals surface area (Å²) in [6.07, 6.45) is 2.27. The molecule has 4 rings (SSSR count). The number of H-pyrrole nitrogens is 1. The zero-order valence-electron chi connectivity index (χ0n) is 16.1. The van der Waals surface area contributed by atoms with Gasteiger partial charge in [0.2, 0.25) is 11.8 Å². The van der Waals surface area contributed by atoms with Gasteiger partial charge in [-0.05, 0) is 55.0 Å². The molecule has 3 N–H and O–H groups in total. The van der Waals surface area contributed by atoms with E-state index in [1.807, 2.05) is 48.2 Å². The van der Waals surface area contributed by atoms with Crippen LogP contribution in [0.4, 0.5) is 0 Å². The Labute approximate surface area is 164 Å². The average Bonchev–Trinajstić information content (AvgIpc) is 3.27. The van der Waals surface area contributed by atoms with Crippen LogP contribution in [0.5, 0.6) is 0 Å². The number of carbonyl (C=O) groups excluding carboxylic acids is 2. The Kier molecular flexibility index (Phi) is 4.90. The van der Waals surface area contributed by atoms with Crippen molar-refractivity contribution in [3.05, 3.63) is 70.9 Å². The molecule has 2 aromatic carbocycles. The quantitative estimate of drug-likeness (QED) is 0.718. The lowest BCUT2D eigenvalue weighted by Gasteiger charge is -2.17. The highest BCUT2D eigenvalue weighted by atomic mass is 16.2. The number of aryl methyl sites for hydroxylation is 1. The number of nitrogens with two attached hydrogens (primary N) is 1. The molecule has 1 atom stereocenters. The number of nitrogens with one attached hydrogen (secondary N) is 1. The molecule has 3 aromatic rings. The molecule has 0 radical (unpaired) electrons. The van der Waals surface area contributed by atoms with Gasteiger partial charge in [0.15, 0.2) is 0 Å². The Balaban J connectivity index is 1.41. The maximum absolute atomic E-state index is 12.9. The third kappa shape index (κ3) is 3.65. The zero-order valence-corrected chi connectivity index (χ0v) is 16.1. The average molecular weight is 375 g/mol. The first-order valence-corrected chi connectivity index (χ1v) is 9.74. The van der Waals surface area contributed by atoms with Crippen molar-refractivity contribution in [2.24, 2.45) is 11.7 Å². The second kappa shape index (κ2) is 7.50. The first-order valence-electron chi connectivity index (χ1n) is 9.74. The summed E-state index contributed by atoms with van der Waals surface area (Å²) in [6.45, 7) is 3.59. The van der Waals surface area contributed by atoms with E-state index in [0.717, 1.165) is 53.7 Å². The fourth-order valence-corrected chi connectivity index (χ4v) is 4.24. The second-order valence-electron chi connectivity index (χ2n) is 7.71. The summed E-state index contributed by atoms with van der Waals surface area (Å²) in [5.74, 6) is 0.191. The summed E-state index contributed by atoms with van der Waals surface area (Å²) < 4.78 is 0. The Morgan fingerprint density at radius 3 is 2.82 bits per heavy atom. The zero-order chi connectivity index (χ0) is 19.7. The van der Waals surface area contributed by atoms with Crippen molar-refractivity contribution in [2.45, 2.75) is 26.2 Å². The third-order valence-electron chi connectivity index (χ3n) is 5.73. The van der Waals surface area contributed by atoms with Crippen molar-refractivity contribution in [2.75, 3.05) is 13.1 Å². The topological polar surface area (TPSA) is 79.2 Å². The molecule has 1 fully saturated rings. The molecule has 5 nitrogen and oxygen atoms in total. The van der Waals surface area contributed by atoms with Gasteiger partial charge < -0.3 is 15.6 Å². The van der Waals surface area contributed by atoms with Crippen molar-refractivity contribution in [1.82, 2.24) is 9.88 Å². The van der Waals surface area contributed by atoms with E-state index in [4.69, 9.17) is 5.73 Å². The molecular weight excluding hydrogens is 350 g/mol. The minimum Gasteiger partial charge on any atom is -0.366 e. The van der Waals surface area contributed by atoms with Gasteiger partial charge in [-0.15, -0.1) is 0 Å². The van der Waals surface area contributed by atoms with Crippen LogP contribution in [0.25, 0.3) is 10.9 Å². The minimum absolute atomic E-state index is 0.182. The van der Waals surface area contributed by atoms with Crippen molar-refractivity contribution in [3.63, 3.8) is 0 Å². The van der Waals surface area contributed by atoms with Crippen molar-refractivity contribution >= 4 is 22.7 Å². The van der Waals surface area contributed by atoms with Crippen LogP contribution in [-0.2, 0) is 17.6 Å². The first kappa shape index (κ1) is 18.3. The molecule has 2 heterocycles. The maximum Gasteiger partial charge on any atom is 0.248 e. The second-order valence-corrected chi connectivity index (χ2v) is 7.71. The minimum atomic E-state index is -0.404. The molecule has 5 heteroatoms. The number of likely N-dealkylation sites (tertiary alicyclic amines) is 1. The summed E-state index contributed by atoms with van der Waals surface area (Å²) in [4.78, 5) is 29.6. The molecule has 1 aromatic heterocycles. The first-order chi connectivity index (χ1) is 13.5. The monoisotopic (exact) mass is 375 g/mol. The summed E-state index contributed by atoms with van der Waals surface area (Å²) >= 11 is 0. The molecule has 28 heavy (non-hydrogen) atoms. The number of fused-ring (bicyclic) bond motifs is 1. The molecule has 2 amide bonds. The SMILES string of the molecule is Cc1[nH]c2ccccc2c1CC(=O)N1CCC(Cc2cccc(C(N)=O)c2)C1. The van der Waals surface area contributed by atoms with E-state index in [9.17, 15) is 9.59 Å². The summed E-state index contributed by atoms with van der Waals surface area (Å²) in [5, 5.41) is 1.13. The van der Waals surface area contributed by atoms with Crippen LogP contribution in [0.2, 0.25) is 0 Å². The number of carbonyl (C=O) groups is 2. The smallest absolute Gasteiger partial charge is 0.248 e. The molecule has 144 valence electrons. The van der Waals surface area contributed by atoms with Gasteiger partial charge >= 0.3 is 0 Å². The molecule has 1 aliphatic heterocycles. The van der Waals surface area contributed by atoms with Crippen LogP contribution in [0.15, 0.2) is 48.5 Å². The van der Waals surface area contributed by atoms with E-state index >= 15 is 0 Å². The van der Waals surface area contributed by atoms with E-state index in [2.05, 4.69) is 11.1 Å². The van der Waals surface area contributed by atoms with E-state index in [1.54, 1.807) is 6.07 Å². The lowest BCUT2D eigenvalue weighted by molar-refractivity contribution is -0.129. The van der Waals surface area contributed by atoms with Crippen molar-refractivity contribution < 1.29 is 9.59 Å². The number of hydrogen-bond donors (Lipinski definition) is 2. The Morgan fingerprint density at radius 1 is 1.18 bits per heavy atom. The van der Waals surface area contributed by atoms with Gasteiger partial charge in [-0.1, -0.05) is 30.3 Å². The van der Waals surface area contributed by atoms with Crippen molar-refractivity contribution in [3.8, 4) is 0 Å². The lowest BCUT2D eigenvalue weighted by Crippen LogP contribution is -2.30. The van der Waals surface area contributed by atoms with E-state index in [-0.39, 0.29) is 5.91 Å². The number of aromatic amines is 1. The molecule has 0 bridgehead atoms. The number of primary amides is 1. The normalized spacial score (nSPS) is 16.6. The van der Waals surface area contributed by atoms with Gasteiger partial charge in [0.05, 0.1) is 6.42 Å². The lowest BCUT2D eigenvalue weighted by atomic mass is 9.97. The fourth-order valence-electron chi connectivity index (χ4n) is 4.24. The largest absolute Gasteiger partial charge is 0.366 e. The molecule has 1 aliphatic rings. The molecule has 1 saturated heterocycles. The highest BCUT2D eigenvalue weighted by Gasteiger charge is 2.27. The van der Waals surface area contributed by atoms with Gasteiger partial charge in [0.25, 0.3) is 0 Å². The van der Waals surface area contributed by atoms with E-state index in [1.165, 1.54) is 0 Å². The number of rotatable bonds is 5. The van der Waals surface area contributed by atoms with Gasteiger partial charge in [0.1, 0.15) is 0 Å². The number of hydrogen-bond acceptors (Lipinski definition) is 2.